The number of hydrogen-bond acceptors (Lipinski definition) is 1. The van der Waals surface area contributed by atoms with Gasteiger partial charge in [0.25, 0.3) is 0 Å². The highest BCUT2D eigenvalue weighted by Gasteiger charge is 2.15. The van der Waals surface area contributed by atoms with Gasteiger partial charge in [0.2, 0.25) is 0 Å². The molecule has 0 saturated heterocycles. The molecule has 1 unspecified atom stereocenters. The molecule has 0 aliphatic heterocycles. The molecule has 1 atom stereocenters. The van der Waals surface area contributed by atoms with E-state index in [4.69, 9.17) is 5.11 Å². The summed E-state index contributed by atoms with van der Waals surface area (Å²) in [6.07, 6.45) is -1.02. The summed E-state index contributed by atoms with van der Waals surface area (Å²) in [5.41, 5.74) is -0.0463. The molecular formula is C8H7BrF2O. The van der Waals surface area contributed by atoms with Crippen molar-refractivity contribution < 1.29 is 13.9 Å². The highest BCUT2D eigenvalue weighted by atomic mass is 79.9. The normalized spacial score (nSPS) is 13.1. The lowest BCUT2D eigenvalue weighted by Crippen LogP contribution is -1.99. The van der Waals surface area contributed by atoms with E-state index in [1.165, 1.54) is 13.0 Å². The SMILES string of the molecule is CC(O)c1c(Br)ccc(F)c1F. The Kier molecular flexibility index (Phi) is 2.80. The van der Waals surface area contributed by atoms with E-state index < -0.39 is 17.7 Å². The van der Waals surface area contributed by atoms with Gasteiger partial charge in [-0.05, 0) is 19.1 Å². The predicted octanol–water partition coefficient (Wildman–Crippen LogP) is 2.78. The van der Waals surface area contributed by atoms with E-state index in [1.54, 1.807) is 0 Å². The quantitative estimate of drug-likeness (QED) is 0.744. The summed E-state index contributed by atoms with van der Waals surface area (Å²) in [5.74, 6) is -1.95. The first-order valence-electron chi connectivity index (χ1n) is 3.35. The molecule has 0 saturated carbocycles. The lowest BCUT2D eigenvalue weighted by Gasteiger charge is -2.08. The fraction of sp³-hybridized carbons (Fsp3) is 0.250. The molecule has 0 amide bonds. The molecule has 0 bridgehead atoms. The van der Waals surface area contributed by atoms with Gasteiger partial charge in [-0.25, -0.2) is 8.78 Å². The minimum Gasteiger partial charge on any atom is -0.389 e. The Labute approximate surface area is 77.2 Å². The average Bonchev–Trinajstić information content (AvgIpc) is 1.97. The molecule has 1 nitrogen and oxygen atoms in total. The lowest BCUT2D eigenvalue weighted by atomic mass is 10.1. The van der Waals surface area contributed by atoms with Crippen LogP contribution in [0.25, 0.3) is 0 Å². The molecule has 0 spiro atoms. The van der Waals surface area contributed by atoms with Crippen LogP contribution in [-0.4, -0.2) is 5.11 Å². The summed E-state index contributed by atoms with van der Waals surface area (Å²) in [7, 11) is 0. The fourth-order valence-electron chi connectivity index (χ4n) is 0.926. The van der Waals surface area contributed by atoms with Crippen molar-refractivity contribution in [3.63, 3.8) is 0 Å². The molecule has 1 aromatic carbocycles. The largest absolute Gasteiger partial charge is 0.389 e. The van der Waals surface area contributed by atoms with Crippen molar-refractivity contribution in [1.29, 1.82) is 0 Å². The Morgan fingerprint density at radius 3 is 2.42 bits per heavy atom. The van der Waals surface area contributed by atoms with E-state index >= 15 is 0 Å². The molecule has 1 aromatic rings. The van der Waals surface area contributed by atoms with Gasteiger partial charge in [0, 0.05) is 10.0 Å². The van der Waals surface area contributed by atoms with E-state index in [0.717, 1.165) is 6.07 Å². The van der Waals surface area contributed by atoms with Crippen LogP contribution in [0.5, 0.6) is 0 Å². The van der Waals surface area contributed by atoms with Crippen molar-refractivity contribution in [3.05, 3.63) is 33.8 Å². The minimum atomic E-state index is -1.02. The number of aliphatic hydroxyl groups is 1. The fourth-order valence-corrected chi connectivity index (χ4v) is 1.56. The van der Waals surface area contributed by atoms with E-state index in [-0.39, 0.29) is 5.56 Å². The third-order valence-corrected chi connectivity index (χ3v) is 2.19. The Bertz CT molecular complexity index is 299. The van der Waals surface area contributed by atoms with Gasteiger partial charge >= 0.3 is 0 Å². The van der Waals surface area contributed by atoms with Gasteiger partial charge < -0.3 is 5.11 Å². The zero-order chi connectivity index (χ0) is 9.30. The van der Waals surface area contributed by atoms with Crippen LogP contribution >= 0.6 is 15.9 Å². The molecule has 12 heavy (non-hydrogen) atoms. The zero-order valence-corrected chi connectivity index (χ0v) is 7.90. The predicted molar refractivity (Wildman–Crippen MR) is 44.7 cm³/mol. The number of hydrogen-bond donors (Lipinski definition) is 1. The van der Waals surface area contributed by atoms with Crippen LogP contribution in [0.1, 0.15) is 18.6 Å². The van der Waals surface area contributed by atoms with Crippen LogP contribution in [0.3, 0.4) is 0 Å². The topological polar surface area (TPSA) is 20.2 Å². The molecule has 0 aromatic heterocycles. The van der Waals surface area contributed by atoms with Crippen LogP contribution in [-0.2, 0) is 0 Å². The van der Waals surface area contributed by atoms with Crippen molar-refractivity contribution in [3.8, 4) is 0 Å². The first-order valence-corrected chi connectivity index (χ1v) is 4.14. The minimum absolute atomic E-state index is 0.0463. The molecule has 0 aliphatic carbocycles. The lowest BCUT2D eigenvalue weighted by molar-refractivity contribution is 0.192. The van der Waals surface area contributed by atoms with Gasteiger partial charge in [-0.15, -0.1) is 0 Å². The van der Waals surface area contributed by atoms with Crippen molar-refractivity contribution in [2.45, 2.75) is 13.0 Å². The van der Waals surface area contributed by atoms with Crippen LogP contribution in [0, 0.1) is 11.6 Å². The van der Waals surface area contributed by atoms with Gasteiger partial charge in [0.15, 0.2) is 11.6 Å². The molecule has 0 fully saturated rings. The molecule has 4 heteroatoms. The van der Waals surface area contributed by atoms with Crippen molar-refractivity contribution in [1.82, 2.24) is 0 Å². The van der Waals surface area contributed by atoms with Crippen LogP contribution < -0.4 is 0 Å². The first-order chi connectivity index (χ1) is 5.54. The molecule has 0 aliphatic rings. The van der Waals surface area contributed by atoms with Gasteiger partial charge in [-0.1, -0.05) is 15.9 Å². The Morgan fingerprint density at radius 1 is 1.42 bits per heavy atom. The van der Waals surface area contributed by atoms with Crippen LogP contribution in [0.15, 0.2) is 16.6 Å². The third kappa shape index (κ3) is 1.64. The highest BCUT2D eigenvalue weighted by molar-refractivity contribution is 9.10. The number of rotatable bonds is 1. The van der Waals surface area contributed by atoms with E-state index in [1.807, 2.05) is 0 Å². The molecule has 0 heterocycles. The molecule has 0 radical (unpaired) electrons. The average molecular weight is 237 g/mol. The summed E-state index contributed by atoms with van der Waals surface area (Å²) >= 11 is 3.02. The maximum Gasteiger partial charge on any atom is 0.165 e. The van der Waals surface area contributed by atoms with Crippen molar-refractivity contribution in [2.75, 3.05) is 0 Å². The Hall–Kier alpha value is -0.480. The number of halogens is 3. The van der Waals surface area contributed by atoms with E-state index in [2.05, 4.69) is 15.9 Å². The summed E-state index contributed by atoms with van der Waals surface area (Å²) < 4.78 is 25.9. The monoisotopic (exact) mass is 236 g/mol. The second kappa shape index (κ2) is 3.49. The maximum atomic E-state index is 12.9. The second-order valence-electron chi connectivity index (χ2n) is 2.43. The van der Waals surface area contributed by atoms with Gasteiger partial charge in [0.05, 0.1) is 6.10 Å². The zero-order valence-electron chi connectivity index (χ0n) is 6.31. The smallest absolute Gasteiger partial charge is 0.165 e. The Balaban J connectivity index is 3.33. The van der Waals surface area contributed by atoms with Gasteiger partial charge in [0.1, 0.15) is 0 Å². The van der Waals surface area contributed by atoms with Crippen molar-refractivity contribution >= 4 is 15.9 Å². The number of benzene rings is 1. The van der Waals surface area contributed by atoms with Crippen LogP contribution in [0.4, 0.5) is 8.78 Å². The van der Waals surface area contributed by atoms with E-state index in [0.29, 0.717) is 4.47 Å². The molecular weight excluding hydrogens is 230 g/mol. The maximum absolute atomic E-state index is 12.9. The number of aliphatic hydroxyl groups excluding tert-OH is 1. The van der Waals surface area contributed by atoms with Gasteiger partial charge in [-0.3, -0.25) is 0 Å². The van der Waals surface area contributed by atoms with E-state index in [9.17, 15) is 8.78 Å². The molecule has 1 rings (SSSR count). The first kappa shape index (κ1) is 9.61. The highest BCUT2D eigenvalue weighted by Crippen LogP contribution is 2.27. The summed E-state index contributed by atoms with van der Waals surface area (Å²) in [6.45, 7) is 1.38. The summed E-state index contributed by atoms with van der Waals surface area (Å²) in [5, 5.41) is 9.07. The second-order valence-corrected chi connectivity index (χ2v) is 3.29. The summed E-state index contributed by atoms with van der Waals surface area (Å²) in [6, 6.07) is 2.37. The van der Waals surface area contributed by atoms with Gasteiger partial charge in [-0.2, -0.15) is 0 Å². The summed E-state index contributed by atoms with van der Waals surface area (Å²) in [4.78, 5) is 0. The Morgan fingerprint density at radius 2 is 2.00 bits per heavy atom. The van der Waals surface area contributed by atoms with Crippen molar-refractivity contribution in [2.24, 2.45) is 0 Å². The van der Waals surface area contributed by atoms with Crippen LogP contribution in [0.2, 0.25) is 0 Å². The standard InChI is InChI=1S/C8H7BrF2O/c1-4(12)7-5(9)2-3-6(10)8(7)11/h2-4,12H,1H3. The third-order valence-electron chi connectivity index (χ3n) is 1.50. The molecule has 1 N–H and O–H groups in total. The molecule has 66 valence electrons.